The van der Waals surface area contributed by atoms with Crippen molar-refractivity contribution < 1.29 is 14.3 Å². The van der Waals surface area contributed by atoms with E-state index in [9.17, 15) is 4.79 Å². The molecule has 2 aromatic heterocycles. The SMILES string of the molecule is COc1ccc(/C=C/C(=O)NCCn2nc(C)c(-c3ccsc3)c2C)cc1OC. The molecule has 29 heavy (non-hydrogen) atoms. The van der Waals surface area contributed by atoms with Gasteiger partial charge in [0.05, 0.1) is 26.5 Å². The number of rotatable bonds is 8. The summed E-state index contributed by atoms with van der Waals surface area (Å²) >= 11 is 1.67. The summed E-state index contributed by atoms with van der Waals surface area (Å²) in [6.45, 7) is 5.19. The first-order valence-corrected chi connectivity index (χ1v) is 10.2. The summed E-state index contributed by atoms with van der Waals surface area (Å²) in [7, 11) is 3.17. The minimum atomic E-state index is -0.153. The van der Waals surface area contributed by atoms with Gasteiger partial charge in [-0.05, 0) is 60.0 Å². The maximum absolute atomic E-state index is 12.1. The van der Waals surface area contributed by atoms with Gasteiger partial charge in [0.25, 0.3) is 0 Å². The molecule has 3 aromatic rings. The molecule has 1 amide bonds. The third-order valence-corrected chi connectivity index (χ3v) is 5.33. The van der Waals surface area contributed by atoms with E-state index in [0.717, 1.165) is 17.0 Å². The highest BCUT2D eigenvalue weighted by molar-refractivity contribution is 7.08. The minimum Gasteiger partial charge on any atom is -0.493 e. The average Bonchev–Trinajstić information content (AvgIpc) is 3.34. The van der Waals surface area contributed by atoms with Crippen LogP contribution in [0.15, 0.2) is 41.1 Å². The molecule has 0 aliphatic carbocycles. The van der Waals surface area contributed by atoms with Crippen LogP contribution in [0.2, 0.25) is 0 Å². The molecule has 0 aliphatic rings. The van der Waals surface area contributed by atoms with Crippen LogP contribution in [-0.2, 0) is 11.3 Å². The van der Waals surface area contributed by atoms with Crippen LogP contribution in [0, 0.1) is 13.8 Å². The lowest BCUT2D eigenvalue weighted by molar-refractivity contribution is -0.116. The largest absolute Gasteiger partial charge is 0.493 e. The van der Waals surface area contributed by atoms with Gasteiger partial charge in [-0.1, -0.05) is 6.07 Å². The van der Waals surface area contributed by atoms with Gasteiger partial charge in [-0.3, -0.25) is 9.48 Å². The maximum Gasteiger partial charge on any atom is 0.244 e. The third-order valence-electron chi connectivity index (χ3n) is 4.65. The number of nitrogens with zero attached hydrogens (tertiary/aromatic N) is 2. The van der Waals surface area contributed by atoms with Crippen LogP contribution in [0.5, 0.6) is 11.5 Å². The van der Waals surface area contributed by atoms with E-state index in [1.54, 1.807) is 31.6 Å². The molecule has 0 bridgehead atoms. The van der Waals surface area contributed by atoms with Gasteiger partial charge in [0.15, 0.2) is 11.5 Å². The summed E-state index contributed by atoms with van der Waals surface area (Å²) in [5, 5.41) is 11.7. The number of carbonyl (C=O) groups excluding carboxylic acids is 1. The summed E-state index contributed by atoms with van der Waals surface area (Å²) in [4.78, 5) is 12.1. The Hall–Kier alpha value is -3.06. The highest BCUT2D eigenvalue weighted by Crippen LogP contribution is 2.29. The second-order valence-corrected chi connectivity index (χ2v) is 7.30. The molecule has 0 radical (unpaired) electrons. The van der Waals surface area contributed by atoms with Gasteiger partial charge in [-0.2, -0.15) is 16.4 Å². The first kappa shape index (κ1) is 20.7. The van der Waals surface area contributed by atoms with E-state index < -0.39 is 0 Å². The Morgan fingerprint density at radius 3 is 2.69 bits per heavy atom. The van der Waals surface area contributed by atoms with Crippen molar-refractivity contribution in [2.75, 3.05) is 20.8 Å². The molecule has 152 valence electrons. The fourth-order valence-corrected chi connectivity index (χ4v) is 3.86. The molecule has 0 fully saturated rings. The molecule has 0 spiro atoms. The van der Waals surface area contributed by atoms with Crippen molar-refractivity contribution in [3.05, 3.63) is 58.1 Å². The number of benzene rings is 1. The van der Waals surface area contributed by atoms with Gasteiger partial charge in [0, 0.05) is 23.9 Å². The number of hydrogen-bond acceptors (Lipinski definition) is 5. The van der Waals surface area contributed by atoms with E-state index in [0.29, 0.717) is 24.6 Å². The van der Waals surface area contributed by atoms with Gasteiger partial charge in [-0.25, -0.2) is 0 Å². The van der Waals surface area contributed by atoms with Gasteiger partial charge in [0.1, 0.15) is 0 Å². The quantitative estimate of drug-likeness (QED) is 0.568. The van der Waals surface area contributed by atoms with Gasteiger partial charge in [-0.15, -0.1) is 0 Å². The molecule has 0 aliphatic heterocycles. The Kier molecular flexibility index (Phi) is 6.72. The molecule has 0 saturated carbocycles. The minimum absolute atomic E-state index is 0.153. The predicted octanol–water partition coefficient (Wildman–Crippen LogP) is 4.08. The van der Waals surface area contributed by atoms with E-state index in [2.05, 4.69) is 34.2 Å². The number of aromatic nitrogens is 2. The second kappa shape index (κ2) is 9.43. The lowest BCUT2D eigenvalue weighted by Gasteiger charge is -2.08. The molecule has 0 saturated heterocycles. The first-order valence-electron chi connectivity index (χ1n) is 9.28. The van der Waals surface area contributed by atoms with E-state index in [-0.39, 0.29) is 5.91 Å². The van der Waals surface area contributed by atoms with Crippen LogP contribution in [0.1, 0.15) is 17.0 Å². The zero-order valence-electron chi connectivity index (χ0n) is 17.1. The lowest BCUT2D eigenvalue weighted by atomic mass is 10.1. The highest BCUT2D eigenvalue weighted by atomic mass is 32.1. The first-order chi connectivity index (χ1) is 14.0. The van der Waals surface area contributed by atoms with Crippen molar-refractivity contribution in [3.8, 4) is 22.6 Å². The molecule has 1 aromatic carbocycles. The summed E-state index contributed by atoms with van der Waals surface area (Å²) in [6, 6.07) is 7.61. The van der Waals surface area contributed by atoms with Crippen LogP contribution in [0.25, 0.3) is 17.2 Å². The average molecular weight is 412 g/mol. The van der Waals surface area contributed by atoms with E-state index >= 15 is 0 Å². The number of nitrogens with one attached hydrogen (secondary N) is 1. The number of amides is 1. The predicted molar refractivity (Wildman–Crippen MR) is 117 cm³/mol. The number of hydrogen-bond donors (Lipinski definition) is 1. The topological polar surface area (TPSA) is 65.4 Å². The maximum atomic E-state index is 12.1. The molecule has 1 N–H and O–H groups in total. The monoisotopic (exact) mass is 411 g/mol. The van der Waals surface area contributed by atoms with E-state index in [1.807, 2.05) is 29.8 Å². The van der Waals surface area contributed by atoms with Gasteiger partial charge < -0.3 is 14.8 Å². The Bertz CT molecular complexity index is 1010. The fraction of sp³-hybridized carbons (Fsp3) is 0.273. The van der Waals surface area contributed by atoms with Crippen molar-refractivity contribution >= 4 is 23.3 Å². The molecule has 6 nitrogen and oxygen atoms in total. The third kappa shape index (κ3) is 4.86. The fourth-order valence-electron chi connectivity index (χ4n) is 3.21. The zero-order chi connectivity index (χ0) is 20.8. The van der Waals surface area contributed by atoms with Crippen molar-refractivity contribution in [3.63, 3.8) is 0 Å². The highest BCUT2D eigenvalue weighted by Gasteiger charge is 2.13. The van der Waals surface area contributed by atoms with Crippen LogP contribution < -0.4 is 14.8 Å². The number of thiophene rings is 1. The summed E-state index contributed by atoms with van der Waals surface area (Å²) in [5.41, 5.74) is 5.33. The Balaban J connectivity index is 1.57. The van der Waals surface area contributed by atoms with Crippen molar-refractivity contribution in [2.45, 2.75) is 20.4 Å². The van der Waals surface area contributed by atoms with E-state index in [1.165, 1.54) is 17.2 Å². The molecule has 7 heteroatoms. The molecule has 0 unspecified atom stereocenters. The Morgan fingerprint density at radius 2 is 2.00 bits per heavy atom. The van der Waals surface area contributed by atoms with Crippen LogP contribution in [-0.4, -0.2) is 36.5 Å². The van der Waals surface area contributed by atoms with Crippen LogP contribution in [0.4, 0.5) is 0 Å². The summed E-state index contributed by atoms with van der Waals surface area (Å²) < 4.78 is 12.4. The van der Waals surface area contributed by atoms with Crippen molar-refractivity contribution in [1.82, 2.24) is 15.1 Å². The van der Waals surface area contributed by atoms with Crippen LogP contribution >= 0.6 is 11.3 Å². The van der Waals surface area contributed by atoms with Gasteiger partial charge >= 0.3 is 0 Å². The molecular weight excluding hydrogens is 386 g/mol. The second-order valence-electron chi connectivity index (χ2n) is 6.52. The summed E-state index contributed by atoms with van der Waals surface area (Å²) in [6.07, 6.45) is 3.26. The molecule has 3 rings (SSSR count). The molecule has 2 heterocycles. The smallest absolute Gasteiger partial charge is 0.244 e. The van der Waals surface area contributed by atoms with Crippen molar-refractivity contribution in [1.29, 1.82) is 0 Å². The zero-order valence-corrected chi connectivity index (χ0v) is 17.9. The number of carbonyl (C=O) groups is 1. The Labute approximate surface area is 174 Å². The normalized spacial score (nSPS) is 11.0. The van der Waals surface area contributed by atoms with Crippen molar-refractivity contribution in [2.24, 2.45) is 0 Å². The number of ether oxygens (including phenoxy) is 2. The molecular formula is C22H25N3O3S. The Morgan fingerprint density at radius 1 is 1.21 bits per heavy atom. The lowest BCUT2D eigenvalue weighted by Crippen LogP contribution is -2.26. The standard InChI is InChI=1S/C22H25N3O3S/c1-15-22(18-9-12-29-14-18)16(2)25(24-15)11-10-23-21(26)8-6-17-5-7-19(27-3)20(13-17)28-4/h5-9,12-14H,10-11H2,1-4H3,(H,23,26)/b8-6+. The van der Waals surface area contributed by atoms with E-state index in [4.69, 9.17) is 9.47 Å². The molecule has 0 atom stereocenters. The number of methoxy groups -OCH3 is 2. The summed E-state index contributed by atoms with van der Waals surface area (Å²) in [5.74, 6) is 1.13. The van der Waals surface area contributed by atoms with Crippen LogP contribution in [0.3, 0.4) is 0 Å². The van der Waals surface area contributed by atoms with Gasteiger partial charge in [0.2, 0.25) is 5.91 Å². The number of aryl methyl sites for hydroxylation is 1.